The number of nitriles is 1. The minimum absolute atomic E-state index is 0.0130. The van der Waals surface area contributed by atoms with Crippen molar-refractivity contribution in [3.8, 4) is 6.07 Å². The molecule has 1 aromatic rings. The van der Waals surface area contributed by atoms with E-state index in [0.29, 0.717) is 30.6 Å². The molecule has 3 nitrogen and oxygen atoms in total. The predicted octanol–water partition coefficient (Wildman–Crippen LogP) is 4.05. The second-order valence-electron chi connectivity index (χ2n) is 6.49. The highest BCUT2D eigenvalue weighted by Gasteiger charge is 2.47. The number of hydrogen-bond donors (Lipinski definition) is 2. The third-order valence-corrected chi connectivity index (χ3v) is 5.17. The van der Waals surface area contributed by atoms with E-state index in [0.717, 1.165) is 11.1 Å². The highest BCUT2D eigenvalue weighted by atomic mass is 19.4. The molecule has 0 spiro atoms. The average Bonchev–Trinajstić information content (AvgIpc) is 2.59. The quantitative estimate of drug-likeness (QED) is 0.856. The van der Waals surface area contributed by atoms with Gasteiger partial charge in [-0.05, 0) is 42.7 Å². The molecule has 1 aliphatic heterocycles. The number of anilines is 1. The topological polar surface area (TPSA) is 56.0 Å². The summed E-state index contributed by atoms with van der Waals surface area (Å²) in [4.78, 5) is 0. The van der Waals surface area contributed by atoms with Crippen molar-refractivity contribution >= 4 is 11.8 Å². The van der Waals surface area contributed by atoms with Gasteiger partial charge in [0.2, 0.25) is 0 Å². The van der Waals surface area contributed by atoms with Crippen LogP contribution < -0.4 is 5.32 Å². The van der Waals surface area contributed by atoms with Crippen molar-refractivity contribution in [2.75, 3.05) is 18.5 Å². The van der Waals surface area contributed by atoms with Crippen LogP contribution in [0.5, 0.6) is 0 Å². The lowest BCUT2D eigenvalue weighted by Crippen LogP contribution is -2.37. The first-order valence-electron chi connectivity index (χ1n) is 8.10. The zero-order valence-electron chi connectivity index (χ0n) is 13.1. The fraction of sp³-hybridized carbons (Fsp3) is 0.500. The Labute approximate surface area is 138 Å². The van der Waals surface area contributed by atoms with Crippen LogP contribution in [-0.4, -0.2) is 24.4 Å². The molecule has 2 N–H and O–H groups in total. The summed E-state index contributed by atoms with van der Waals surface area (Å²) in [6, 6.07) is 5.59. The van der Waals surface area contributed by atoms with Gasteiger partial charge in [-0.1, -0.05) is 18.2 Å². The molecule has 1 fully saturated rings. The third kappa shape index (κ3) is 3.01. The van der Waals surface area contributed by atoms with E-state index in [-0.39, 0.29) is 12.3 Å². The number of alkyl halides is 3. The lowest BCUT2D eigenvalue weighted by molar-refractivity contribution is -0.201. The van der Waals surface area contributed by atoms with Crippen LogP contribution in [0.25, 0.3) is 6.08 Å². The molecule has 0 aromatic heterocycles. The van der Waals surface area contributed by atoms with Gasteiger partial charge in [0.1, 0.15) is 6.07 Å². The van der Waals surface area contributed by atoms with Crippen LogP contribution in [0.2, 0.25) is 0 Å². The van der Waals surface area contributed by atoms with Crippen molar-refractivity contribution in [3.05, 3.63) is 34.9 Å². The first-order chi connectivity index (χ1) is 11.5. The van der Waals surface area contributed by atoms with Crippen molar-refractivity contribution in [1.29, 1.82) is 5.26 Å². The molecule has 0 radical (unpaired) electrons. The number of halogens is 3. The zero-order valence-corrected chi connectivity index (χ0v) is 13.1. The van der Waals surface area contributed by atoms with Gasteiger partial charge in [0.15, 0.2) is 0 Å². The fourth-order valence-corrected chi connectivity index (χ4v) is 3.93. The Bertz CT molecular complexity index is 691. The zero-order chi connectivity index (χ0) is 17.3. The maximum absolute atomic E-state index is 13.3. The summed E-state index contributed by atoms with van der Waals surface area (Å²) in [5.41, 5.74) is 2.91. The standard InChI is InChI=1S/C18H19F3N2O/c19-18(20,21)16-8-11(3-4-13(16)10-24)14-6-5-12(9-22)17-15(14)2-1-7-23-17/h1-2,5-6,11,13,16,23-24H,3-4,7-8,10H2/t11?,13-,16+/m1/s1. The molecule has 0 bridgehead atoms. The van der Waals surface area contributed by atoms with Gasteiger partial charge in [0.05, 0.1) is 17.2 Å². The highest BCUT2D eigenvalue weighted by molar-refractivity contribution is 5.78. The monoisotopic (exact) mass is 336 g/mol. The Morgan fingerprint density at radius 2 is 2.08 bits per heavy atom. The summed E-state index contributed by atoms with van der Waals surface area (Å²) in [7, 11) is 0. The molecular formula is C18H19F3N2O. The van der Waals surface area contributed by atoms with Gasteiger partial charge < -0.3 is 10.4 Å². The Kier molecular flexibility index (Phi) is 4.55. The molecule has 2 aliphatic rings. The average molecular weight is 336 g/mol. The predicted molar refractivity (Wildman–Crippen MR) is 85.4 cm³/mol. The van der Waals surface area contributed by atoms with E-state index in [2.05, 4.69) is 11.4 Å². The summed E-state index contributed by atoms with van der Waals surface area (Å²) < 4.78 is 40.0. The van der Waals surface area contributed by atoms with E-state index in [1.165, 1.54) is 0 Å². The first-order valence-corrected chi connectivity index (χ1v) is 8.10. The van der Waals surface area contributed by atoms with Crippen LogP contribution >= 0.6 is 0 Å². The number of aliphatic hydroxyl groups excluding tert-OH is 1. The van der Waals surface area contributed by atoms with Crippen molar-refractivity contribution in [1.82, 2.24) is 0 Å². The van der Waals surface area contributed by atoms with Gasteiger partial charge in [0.25, 0.3) is 0 Å². The number of fused-ring (bicyclic) bond motifs is 1. The maximum Gasteiger partial charge on any atom is 0.392 e. The van der Waals surface area contributed by atoms with Crippen LogP contribution in [-0.2, 0) is 0 Å². The smallest absolute Gasteiger partial charge is 0.392 e. The fourth-order valence-electron chi connectivity index (χ4n) is 3.93. The summed E-state index contributed by atoms with van der Waals surface area (Å²) in [5, 5.41) is 21.7. The number of nitrogens with one attached hydrogen (secondary N) is 1. The van der Waals surface area contributed by atoms with E-state index in [9.17, 15) is 23.5 Å². The molecule has 0 amide bonds. The Morgan fingerprint density at radius 1 is 1.29 bits per heavy atom. The Hall–Kier alpha value is -2.00. The molecule has 0 saturated heterocycles. The number of aliphatic hydroxyl groups is 1. The minimum Gasteiger partial charge on any atom is -0.396 e. The van der Waals surface area contributed by atoms with Gasteiger partial charge >= 0.3 is 6.18 Å². The Morgan fingerprint density at radius 3 is 2.75 bits per heavy atom. The van der Waals surface area contributed by atoms with Crippen molar-refractivity contribution in [2.45, 2.75) is 31.4 Å². The van der Waals surface area contributed by atoms with E-state index in [1.807, 2.05) is 12.2 Å². The lowest BCUT2D eigenvalue weighted by Gasteiger charge is -2.37. The minimum atomic E-state index is -4.30. The third-order valence-electron chi connectivity index (χ3n) is 5.17. The second kappa shape index (κ2) is 6.48. The largest absolute Gasteiger partial charge is 0.396 e. The van der Waals surface area contributed by atoms with E-state index in [4.69, 9.17) is 0 Å². The number of nitrogens with zero attached hydrogens (tertiary/aromatic N) is 1. The number of hydrogen-bond acceptors (Lipinski definition) is 3. The van der Waals surface area contributed by atoms with Crippen molar-refractivity contribution < 1.29 is 18.3 Å². The number of benzene rings is 1. The van der Waals surface area contributed by atoms with E-state index < -0.39 is 24.6 Å². The Balaban J connectivity index is 1.96. The van der Waals surface area contributed by atoms with Gasteiger partial charge in [0, 0.05) is 18.7 Å². The van der Waals surface area contributed by atoms with E-state index in [1.54, 1.807) is 12.1 Å². The van der Waals surface area contributed by atoms with Crippen LogP contribution in [0.15, 0.2) is 18.2 Å². The van der Waals surface area contributed by atoms with Crippen LogP contribution in [0.1, 0.15) is 41.9 Å². The lowest BCUT2D eigenvalue weighted by atomic mass is 9.70. The van der Waals surface area contributed by atoms with Gasteiger partial charge in [-0.2, -0.15) is 18.4 Å². The van der Waals surface area contributed by atoms with Gasteiger partial charge in [-0.3, -0.25) is 0 Å². The van der Waals surface area contributed by atoms with E-state index >= 15 is 0 Å². The highest BCUT2D eigenvalue weighted by Crippen LogP contribution is 2.48. The van der Waals surface area contributed by atoms with Gasteiger partial charge in [-0.25, -0.2) is 0 Å². The van der Waals surface area contributed by atoms with Crippen molar-refractivity contribution in [3.63, 3.8) is 0 Å². The molecule has 24 heavy (non-hydrogen) atoms. The number of rotatable bonds is 2. The van der Waals surface area contributed by atoms with Crippen molar-refractivity contribution in [2.24, 2.45) is 11.8 Å². The molecule has 1 aromatic carbocycles. The molecule has 1 heterocycles. The molecule has 128 valence electrons. The molecular weight excluding hydrogens is 317 g/mol. The molecule has 3 atom stereocenters. The maximum atomic E-state index is 13.3. The molecule has 1 unspecified atom stereocenters. The first kappa shape index (κ1) is 16.8. The summed E-state index contributed by atoms with van der Waals surface area (Å²) in [6.07, 6.45) is 0.464. The van der Waals surface area contributed by atoms with Crippen LogP contribution in [0, 0.1) is 23.2 Å². The molecule has 6 heteroatoms. The SMILES string of the molecule is N#Cc1ccc(C2CC[C@H](CO)[C@@H](C(F)(F)F)C2)c2c1NCC=C2. The van der Waals surface area contributed by atoms with Gasteiger partial charge in [-0.15, -0.1) is 0 Å². The second-order valence-corrected chi connectivity index (χ2v) is 6.49. The van der Waals surface area contributed by atoms with Crippen LogP contribution in [0.3, 0.4) is 0 Å². The summed E-state index contributed by atoms with van der Waals surface area (Å²) in [5.74, 6) is -2.41. The molecule has 1 saturated carbocycles. The summed E-state index contributed by atoms with van der Waals surface area (Å²) in [6.45, 7) is 0.178. The normalized spacial score (nSPS) is 26.4. The van der Waals surface area contributed by atoms with Crippen LogP contribution in [0.4, 0.5) is 18.9 Å². The molecule has 3 rings (SSSR count). The summed E-state index contributed by atoms with van der Waals surface area (Å²) >= 11 is 0. The molecule has 1 aliphatic carbocycles.